The normalized spacial score (nSPS) is 24.2. The Hall–Kier alpha value is -1.11. The Morgan fingerprint density at radius 3 is 2.38 bits per heavy atom. The second-order valence-electron chi connectivity index (χ2n) is 4.72. The van der Waals surface area contributed by atoms with E-state index >= 15 is 0 Å². The van der Waals surface area contributed by atoms with Gasteiger partial charge in [0.2, 0.25) is 0 Å². The summed E-state index contributed by atoms with van der Waals surface area (Å²) in [6.07, 6.45) is -0.775. The van der Waals surface area contributed by atoms with Crippen molar-refractivity contribution in [2.75, 3.05) is 11.5 Å². The predicted molar refractivity (Wildman–Crippen MR) is 56.8 cm³/mol. The van der Waals surface area contributed by atoms with Crippen LogP contribution in [0.4, 0.5) is 4.79 Å². The summed E-state index contributed by atoms with van der Waals surface area (Å²) in [4.78, 5) is 22.5. The maximum atomic E-state index is 11.3. The maximum Gasteiger partial charge on any atom is 0.408 e. The van der Waals surface area contributed by atoms with Crippen LogP contribution in [0.25, 0.3) is 0 Å². The summed E-state index contributed by atoms with van der Waals surface area (Å²) in [5.41, 5.74) is -0.676. The number of sulfone groups is 1. The lowest BCUT2D eigenvalue weighted by atomic mass is 10.2. The zero-order valence-corrected chi connectivity index (χ0v) is 10.3. The average Bonchev–Trinajstić information content (AvgIpc) is 2.19. The summed E-state index contributed by atoms with van der Waals surface area (Å²) in [5, 5.41) is 2.25. The number of alkyl carbamates (subject to hydrolysis) is 1. The highest BCUT2D eigenvalue weighted by Crippen LogP contribution is 2.10. The first-order chi connectivity index (χ1) is 7.09. The van der Waals surface area contributed by atoms with Crippen molar-refractivity contribution in [1.82, 2.24) is 5.32 Å². The van der Waals surface area contributed by atoms with Crippen molar-refractivity contribution in [3.63, 3.8) is 0 Å². The minimum atomic E-state index is -3.35. The fourth-order valence-electron chi connectivity index (χ4n) is 1.30. The Labute approximate surface area is 94.3 Å². The zero-order valence-electron chi connectivity index (χ0n) is 9.44. The lowest BCUT2D eigenvalue weighted by molar-refractivity contribution is -0.117. The van der Waals surface area contributed by atoms with E-state index in [-0.39, 0.29) is 5.75 Å². The van der Waals surface area contributed by atoms with Crippen LogP contribution in [0.1, 0.15) is 20.8 Å². The third kappa shape index (κ3) is 3.80. The highest BCUT2D eigenvalue weighted by Gasteiger charge is 2.37. The fraction of sp³-hybridized carbons (Fsp3) is 0.778. The number of Topliss-reactive ketones (excluding diaryl/α,β-unsaturated/α-hetero) is 1. The molecular formula is C9H15NO5S. The molecule has 7 heteroatoms. The molecule has 1 N–H and O–H groups in total. The summed E-state index contributed by atoms with van der Waals surface area (Å²) in [6.45, 7) is 5.04. The zero-order chi connectivity index (χ0) is 12.6. The van der Waals surface area contributed by atoms with Crippen molar-refractivity contribution in [2.24, 2.45) is 0 Å². The number of ether oxygens (including phenoxy) is 1. The molecule has 92 valence electrons. The topological polar surface area (TPSA) is 89.5 Å². The van der Waals surface area contributed by atoms with Crippen LogP contribution >= 0.6 is 0 Å². The quantitative estimate of drug-likeness (QED) is 0.699. The number of rotatable bonds is 1. The molecule has 1 saturated heterocycles. The van der Waals surface area contributed by atoms with Gasteiger partial charge in [-0.3, -0.25) is 4.79 Å². The lowest BCUT2D eigenvalue weighted by Gasteiger charge is -2.20. The van der Waals surface area contributed by atoms with Crippen molar-refractivity contribution >= 4 is 21.7 Å². The molecule has 0 aromatic heterocycles. The number of nitrogens with one attached hydrogen (secondary N) is 1. The lowest BCUT2D eigenvalue weighted by Crippen LogP contribution is -2.43. The van der Waals surface area contributed by atoms with Gasteiger partial charge in [-0.2, -0.15) is 0 Å². The molecule has 1 heterocycles. The Morgan fingerprint density at radius 2 is 2.00 bits per heavy atom. The van der Waals surface area contributed by atoms with E-state index in [1.807, 2.05) is 0 Å². The van der Waals surface area contributed by atoms with Crippen molar-refractivity contribution in [3.8, 4) is 0 Å². The van der Waals surface area contributed by atoms with Crippen LogP contribution in [0, 0.1) is 0 Å². The molecule has 1 aliphatic rings. The van der Waals surface area contributed by atoms with Crippen LogP contribution in [0.15, 0.2) is 0 Å². The van der Waals surface area contributed by atoms with E-state index in [0.717, 1.165) is 0 Å². The Kier molecular flexibility index (Phi) is 3.27. The summed E-state index contributed by atoms with van der Waals surface area (Å²) in [6, 6.07) is -0.972. The first-order valence-corrected chi connectivity index (χ1v) is 6.64. The number of carbonyl (C=O) groups is 2. The second-order valence-corrected chi connectivity index (χ2v) is 6.83. The van der Waals surface area contributed by atoms with E-state index in [1.54, 1.807) is 20.8 Å². The molecule has 1 unspecified atom stereocenters. The standard InChI is InChI=1S/C9H15NO5S/c1-9(2,3)15-8(12)10-6-4-16(13,14)5-7(6)11/h6H,4-5H2,1-3H3,(H,10,12). The van der Waals surface area contributed by atoms with Crippen molar-refractivity contribution in [3.05, 3.63) is 0 Å². The van der Waals surface area contributed by atoms with E-state index in [2.05, 4.69) is 5.32 Å². The Bertz CT molecular complexity index is 406. The fourth-order valence-corrected chi connectivity index (χ4v) is 2.82. The molecule has 1 amide bonds. The van der Waals surface area contributed by atoms with Crippen molar-refractivity contribution in [1.29, 1.82) is 0 Å². The van der Waals surface area contributed by atoms with Crippen LogP contribution in [0.2, 0.25) is 0 Å². The maximum absolute atomic E-state index is 11.3. The third-order valence-corrected chi connectivity index (χ3v) is 3.43. The third-order valence-electron chi connectivity index (χ3n) is 1.86. The van der Waals surface area contributed by atoms with Gasteiger partial charge in [0.25, 0.3) is 0 Å². The van der Waals surface area contributed by atoms with E-state index in [0.29, 0.717) is 0 Å². The molecule has 1 fully saturated rings. The summed E-state index contributed by atoms with van der Waals surface area (Å²) in [7, 11) is -3.35. The van der Waals surface area contributed by atoms with Crippen LogP contribution < -0.4 is 5.32 Å². The highest BCUT2D eigenvalue weighted by atomic mass is 32.2. The van der Waals surface area contributed by atoms with Gasteiger partial charge in [-0.25, -0.2) is 13.2 Å². The first kappa shape index (κ1) is 13.0. The molecule has 0 aromatic carbocycles. The highest BCUT2D eigenvalue weighted by molar-refractivity contribution is 7.92. The molecular weight excluding hydrogens is 234 g/mol. The predicted octanol–water partition coefficient (Wildman–Crippen LogP) is -0.123. The van der Waals surface area contributed by atoms with Gasteiger partial charge in [0, 0.05) is 0 Å². The van der Waals surface area contributed by atoms with Gasteiger partial charge in [-0.05, 0) is 20.8 Å². The SMILES string of the molecule is CC(C)(C)OC(=O)NC1CS(=O)(=O)CC1=O. The largest absolute Gasteiger partial charge is 0.444 e. The molecule has 0 spiro atoms. The first-order valence-electron chi connectivity index (χ1n) is 4.82. The molecule has 0 saturated carbocycles. The minimum absolute atomic E-state index is 0.342. The van der Waals surface area contributed by atoms with Gasteiger partial charge in [-0.15, -0.1) is 0 Å². The number of carbonyl (C=O) groups excluding carboxylic acids is 2. The molecule has 1 atom stereocenters. The Balaban J connectivity index is 2.57. The molecule has 16 heavy (non-hydrogen) atoms. The monoisotopic (exact) mass is 249 g/mol. The van der Waals surface area contributed by atoms with Crippen molar-refractivity contribution < 1.29 is 22.7 Å². The summed E-state index contributed by atoms with van der Waals surface area (Å²) in [5.74, 6) is -1.34. The van der Waals surface area contributed by atoms with Crippen LogP contribution in [-0.4, -0.2) is 43.4 Å². The van der Waals surface area contributed by atoms with Gasteiger partial charge in [0.15, 0.2) is 15.6 Å². The van der Waals surface area contributed by atoms with Gasteiger partial charge >= 0.3 is 6.09 Å². The van der Waals surface area contributed by atoms with E-state index < -0.39 is 39.1 Å². The van der Waals surface area contributed by atoms with Gasteiger partial charge in [0.1, 0.15) is 17.4 Å². The molecule has 0 radical (unpaired) electrons. The molecule has 0 bridgehead atoms. The van der Waals surface area contributed by atoms with Crippen LogP contribution in [-0.2, 0) is 19.4 Å². The number of hydrogen-bond acceptors (Lipinski definition) is 5. The minimum Gasteiger partial charge on any atom is -0.444 e. The van der Waals surface area contributed by atoms with E-state index in [1.165, 1.54) is 0 Å². The second kappa shape index (κ2) is 4.04. The molecule has 0 aliphatic carbocycles. The van der Waals surface area contributed by atoms with Crippen LogP contribution in [0.3, 0.4) is 0 Å². The van der Waals surface area contributed by atoms with E-state index in [9.17, 15) is 18.0 Å². The molecule has 0 aromatic rings. The van der Waals surface area contributed by atoms with Gasteiger partial charge in [0.05, 0.1) is 5.75 Å². The average molecular weight is 249 g/mol. The molecule has 1 rings (SSSR count). The van der Waals surface area contributed by atoms with Gasteiger partial charge in [-0.1, -0.05) is 0 Å². The number of hydrogen-bond donors (Lipinski definition) is 1. The summed E-state index contributed by atoms with van der Waals surface area (Å²) >= 11 is 0. The van der Waals surface area contributed by atoms with Gasteiger partial charge < -0.3 is 10.1 Å². The Morgan fingerprint density at radius 1 is 1.44 bits per heavy atom. The smallest absolute Gasteiger partial charge is 0.408 e. The van der Waals surface area contributed by atoms with Crippen LogP contribution in [0.5, 0.6) is 0 Å². The number of ketones is 1. The molecule has 1 aliphatic heterocycles. The molecule has 6 nitrogen and oxygen atoms in total. The number of amides is 1. The summed E-state index contributed by atoms with van der Waals surface area (Å²) < 4.78 is 27.1. The van der Waals surface area contributed by atoms with E-state index in [4.69, 9.17) is 4.74 Å². The van der Waals surface area contributed by atoms with Crippen molar-refractivity contribution in [2.45, 2.75) is 32.4 Å².